The maximum absolute atomic E-state index is 12.5. The molecule has 0 aliphatic carbocycles. The lowest BCUT2D eigenvalue weighted by Gasteiger charge is -2.14. The van der Waals surface area contributed by atoms with E-state index in [2.05, 4.69) is 0 Å². The molecule has 3 rings (SSSR count). The van der Waals surface area contributed by atoms with Gasteiger partial charge in [-0.2, -0.15) is 0 Å². The number of amides is 1. The predicted octanol–water partition coefficient (Wildman–Crippen LogP) is 3.90. The average molecular weight is 339 g/mol. The topological polar surface area (TPSA) is 37.4 Å². The highest BCUT2D eigenvalue weighted by Gasteiger charge is 2.31. The largest absolute Gasteiger partial charge is 0.298 e. The number of hydrogen-bond donors (Lipinski definition) is 0. The number of hydrogen-bond acceptors (Lipinski definition) is 4. The lowest BCUT2D eigenvalue weighted by Crippen LogP contribution is -2.27. The molecule has 0 aromatic heterocycles. The zero-order valence-electron chi connectivity index (χ0n) is 12.1. The Kier molecular flexibility index (Phi) is 4.69. The number of aldehydes is 1. The third-order valence-corrected chi connectivity index (χ3v) is 4.81. The Morgan fingerprint density at radius 3 is 2.30 bits per heavy atom. The van der Waals surface area contributed by atoms with Crippen molar-refractivity contribution in [1.82, 2.24) is 4.90 Å². The molecule has 23 heavy (non-hydrogen) atoms. The maximum Gasteiger partial charge on any atom is 0.266 e. The Labute approximate surface area is 144 Å². The SMILES string of the molecule is O=Cc1ccc(/C=C2\SC(=S)N(Cc3ccccc3)C2=O)cc1. The van der Waals surface area contributed by atoms with Crippen molar-refractivity contribution in [1.29, 1.82) is 0 Å². The van der Waals surface area contributed by atoms with Gasteiger partial charge in [0.25, 0.3) is 5.91 Å². The highest BCUT2D eigenvalue weighted by Crippen LogP contribution is 2.33. The first kappa shape index (κ1) is 15.6. The summed E-state index contributed by atoms with van der Waals surface area (Å²) in [5, 5.41) is 0. The molecule has 1 fully saturated rings. The monoisotopic (exact) mass is 339 g/mol. The third kappa shape index (κ3) is 3.57. The van der Waals surface area contributed by atoms with Crippen LogP contribution in [-0.2, 0) is 11.3 Å². The molecule has 5 heteroatoms. The van der Waals surface area contributed by atoms with Crippen LogP contribution in [0.4, 0.5) is 0 Å². The summed E-state index contributed by atoms with van der Waals surface area (Å²) in [4.78, 5) is 25.4. The second-order valence-electron chi connectivity index (χ2n) is 5.04. The minimum atomic E-state index is -0.0803. The maximum atomic E-state index is 12.5. The molecule has 0 bridgehead atoms. The highest BCUT2D eigenvalue weighted by atomic mass is 32.2. The van der Waals surface area contributed by atoms with E-state index in [1.165, 1.54) is 11.8 Å². The molecule has 0 radical (unpaired) electrons. The van der Waals surface area contributed by atoms with Gasteiger partial charge < -0.3 is 0 Å². The number of nitrogens with zero attached hydrogens (tertiary/aromatic N) is 1. The first-order chi connectivity index (χ1) is 11.2. The Hall–Kier alpha value is -2.24. The molecule has 1 heterocycles. The third-order valence-electron chi connectivity index (χ3n) is 3.43. The van der Waals surface area contributed by atoms with Crippen LogP contribution in [-0.4, -0.2) is 21.4 Å². The van der Waals surface area contributed by atoms with Gasteiger partial charge in [0.05, 0.1) is 11.4 Å². The fourth-order valence-corrected chi connectivity index (χ4v) is 3.48. The van der Waals surface area contributed by atoms with E-state index >= 15 is 0 Å². The van der Waals surface area contributed by atoms with Crippen molar-refractivity contribution in [2.45, 2.75) is 6.54 Å². The van der Waals surface area contributed by atoms with Crippen molar-refractivity contribution >= 4 is 46.6 Å². The Bertz CT molecular complexity index is 782. The fourth-order valence-electron chi connectivity index (χ4n) is 2.22. The molecule has 0 saturated carbocycles. The number of rotatable bonds is 4. The molecular weight excluding hydrogens is 326 g/mol. The van der Waals surface area contributed by atoms with Gasteiger partial charge in [-0.3, -0.25) is 14.5 Å². The van der Waals surface area contributed by atoms with Crippen LogP contribution < -0.4 is 0 Å². The number of thiocarbonyl (C=S) groups is 1. The second-order valence-corrected chi connectivity index (χ2v) is 6.71. The van der Waals surface area contributed by atoms with Crippen LogP contribution in [0.2, 0.25) is 0 Å². The molecule has 0 atom stereocenters. The summed E-state index contributed by atoms with van der Waals surface area (Å²) < 4.78 is 0.564. The molecule has 0 spiro atoms. The molecule has 2 aromatic carbocycles. The van der Waals surface area contributed by atoms with E-state index in [4.69, 9.17) is 12.2 Å². The van der Waals surface area contributed by atoms with Gasteiger partial charge in [-0.25, -0.2) is 0 Å². The van der Waals surface area contributed by atoms with Crippen LogP contribution in [0.5, 0.6) is 0 Å². The summed E-state index contributed by atoms with van der Waals surface area (Å²) in [6.45, 7) is 0.479. The Morgan fingerprint density at radius 1 is 1.00 bits per heavy atom. The van der Waals surface area contributed by atoms with Gasteiger partial charge in [-0.05, 0) is 17.2 Å². The predicted molar refractivity (Wildman–Crippen MR) is 97.0 cm³/mol. The van der Waals surface area contributed by atoms with Crippen LogP contribution in [0.1, 0.15) is 21.5 Å². The molecule has 1 aliphatic rings. The smallest absolute Gasteiger partial charge is 0.266 e. The van der Waals surface area contributed by atoms with E-state index in [1.54, 1.807) is 23.1 Å². The molecule has 1 aliphatic heterocycles. The minimum absolute atomic E-state index is 0.0803. The van der Waals surface area contributed by atoms with Gasteiger partial charge in [0, 0.05) is 5.56 Å². The lowest BCUT2D eigenvalue weighted by molar-refractivity contribution is -0.122. The number of thioether (sulfide) groups is 1. The van der Waals surface area contributed by atoms with Crippen molar-refractivity contribution in [3.63, 3.8) is 0 Å². The summed E-state index contributed by atoms with van der Waals surface area (Å²) in [5.74, 6) is -0.0803. The van der Waals surface area contributed by atoms with Crippen LogP contribution in [0, 0.1) is 0 Å². The van der Waals surface area contributed by atoms with Crippen LogP contribution >= 0.6 is 24.0 Å². The second kappa shape index (κ2) is 6.89. The first-order valence-corrected chi connectivity index (χ1v) is 8.24. The minimum Gasteiger partial charge on any atom is -0.298 e. The Balaban J connectivity index is 1.79. The highest BCUT2D eigenvalue weighted by molar-refractivity contribution is 8.26. The zero-order chi connectivity index (χ0) is 16.2. The van der Waals surface area contributed by atoms with Gasteiger partial charge in [-0.1, -0.05) is 78.6 Å². The summed E-state index contributed by atoms with van der Waals surface area (Å²) in [6, 6.07) is 16.8. The van der Waals surface area contributed by atoms with Crippen molar-refractivity contribution in [3.05, 3.63) is 76.2 Å². The molecule has 1 amide bonds. The molecule has 2 aromatic rings. The van der Waals surface area contributed by atoms with Gasteiger partial charge in [0.1, 0.15) is 10.6 Å². The molecule has 0 N–H and O–H groups in total. The van der Waals surface area contributed by atoms with E-state index < -0.39 is 0 Å². The van der Waals surface area contributed by atoms with E-state index in [0.717, 1.165) is 17.4 Å². The average Bonchev–Trinajstić information content (AvgIpc) is 2.84. The quantitative estimate of drug-likeness (QED) is 0.481. The molecule has 0 unspecified atom stereocenters. The number of carbonyl (C=O) groups is 2. The number of benzene rings is 2. The fraction of sp³-hybridized carbons (Fsp3) is 0.0556. The lowest BCUT2D eigenvalue weighted by atomic mass is 10.1. The number of carbonyl (C=O) groups excluding carboxylic acids is 2. The van der Waals surface area contributed by atoms with Crippen LogP contribution in [0.15, 0.2) is 59.5 Å². The van der Waals surface area contributed by atoms with Crippen molar-refractivity contribution < 1.29 is 9.59 Å². The van der Waals surface area contributed by atoms with E-state index in [0.29, 0.717) is 21.3 Å². The summed E-state index contributed by atoms with van der Waals surface area (Å²) >= 11 is 6.64. The summed E-state index contributed by atoms with van der Waals surface area (Å²) in [6.07, 6.45) is 2.60. The van der Waals surface area contributed by atoms with Gasteiger partial charge in [0.15, 0.2) is 0 Å². The van der Waals surface area contributed by atoms with E-state index in [1.807, 2.05) is 42.5 Å². The van der Waals surface area contributed by atoms with E-state index in [-0.39, 0.29) is 5.91 Å². The molecule has 1 saturated heterocycles. The first-order valence-electron chi connectivity index (χ1n) is 7.02. The van der Waals surface area contributed by atoms with Crippen molar-refractivity contribution in [2.24, 2.45) is 0 Å². The normalized spacial score (nSPS) is 16.2. The summed E-state index contributed by atoms with van der Waals surface area (Å²) in [5.41, 5.74) is 2.52. The zero-order valence-corrected chi connectivity index (χ0v) is 13.8. The van der Waals surface area contributed by atoms with Crippen LogP contribution in [0.3, 0.4) is 0 Å². The standard InChI is InChI=1S/C18H13NO2S2/c20-12-15-8-6-13(7-9-15)10-16-17(21)19(18(22)23-16)11-14-4-2-1-3-5-14/h1-10,12H,11H2/b16-10-. The van der Waals surface area contributed by atoms with Gasteiger partial charge >= 0.3 is 0 Å². The van der Waals surface area contributed by atoms with E-state index in [9.17, 15) is 9.59 Å². The summed E-state index contributed by atoms with van der Waals surface area (Å²) in [7, 11) is 0. The van der Waals surface area contributed by atoms with Gasteiger partial charge in [0.2, 0.25) is 0 Å². The van der Waals surface area contributed by atoms with Crippen molar-refractivity contribution in [2.75, 3.05) is 0 Å². The molecule has 114 valence electrons. The molecular formula is C18H13NO2S2. The van der Waals surface area contributed by atoms with Crippen LogP contribution in [0.25, 0.3) is 6.08 Å². The van der Waals surface area contributed by atoms with Gasteiger partial charge in [-0.15, -0.1) is 0 Å². The Morgan fingerprint density at radius 2 is 1.65 bits per heavy atom. The van der Waals surface area contributed by atoms with Crippen molar-refractivity contribution in [3.8, 4) is 0 Å². The molecule has 3 nitrogen and oxygen atoms in total.